The Bertz CT molecular complexity index is 1380. The molecular formula is C44H88N6O5Si5. The first-order valence-electron chi connectivity index (χ1n) is 22.0. The SMILES string of the molecule is C=C[Si](C)(O[Si](C)(C)CCCNC)O[Si](C)(C)CCCNC.CC(=O)Nc1ccc(Cc2ccc(NC(C)=O)cc2)cc1.CNCCC[Si](C)(C)O[Si](C)(C)CCCNC. The number of hydrogen-bond acceptors (Lipinski definition) is 9. The quantitative estimate of drug-likeness (QED) is 0.0383. The monoisotopic (exact) mass is 921 g/mol. The third-order valence-electron chi connectivity index (χ3n) is 9.66. The van der Waals surface area contributed by atoms with Crippen LogP contribution in [0.25, 0.3) is 0 Å². The van der Waals surface area contributed by atoms with Crippen LogP contribution < -0.4 is 31.9 Å². The zero-order chi connectivity index (χ0) is 45.9. The largest absolute Gasteiger partial charge is 0.455 e. The maximum Gasteiger partial charge on any atom is 0.340 e. The molecule has 0 aliphatic carbocycles. The highest BCUT2D eigenvalue weighted by molar-refractivity contribution is 6.90. The van der Waals surface area contributed by atoms with Gasteiger partial charge in [0, 0.05) is 25.2 Å². The van der Waals surface area contributed by atoms with Crippen LogP contribution in [0, 0.1) is 0 Å². The van der Waals surface area contributed by atoms with Crippen molar-refractivity contribution in [2.45, 2.75) is 129 Å². The molecule has 2 amide bonds. The first kappa shape index (κ1) is 57.9. The normalized spacial score (nSPS) is 12.1. The molecule has 2 rings (SSSR count). The molecule has 0 saturated carbocycles. The molecule has 0 heterocycles. The van der Waals surface area contributed by atoms with Gasteiger partial charge in [0.1, 0.15) is 0 Å². The van der Waals surface area contributed by atoms with Crippen molar-refractivity contribution in [1.82, 2.24) is 21.3 Å². The standard InChI is InChI=1S/C17H18N2O2.C15H38N2O2Si3.C12H32N2OSi2/c1-12(20)18-16-7-3-14(4-8-16)11-15-5-9-17(10-6-15)19-13(2)21;1-9-22(8,18-20(4,5)14-10-12-16-2)19-21(6,7)15-11-13-17-3;1-13-9-7-11-16(3,4)15-17(5,6)12-8-10-14-2/h3-10H,11H2,1-2H3,(H,18,20)(H,19,21);9,16-17H,1,10-15H2,2-8H3;13-14H,7-12H2,1-6H3. The van der Waals surface area contributed by atoms with Crippen molar-refractivity contribution in [3.05, 3.63) is 71.9 Å². The van der Waals surface area contributed by atoms with E-state index in [0.717, 1.165) is 67.2 Å². The van der Waals surface area contributed by atoms with E-state index in [-0.39, 0.29) is 11.8 Å². The second-order valence-corrected chi connectivity index (χ2v) is 39.3. The van der Waals surface area contributed by atoms with Gasteiger partial charge in [-0.15, -0.1) is 6.58 Å². The fourth-order valence-electron chi connectivity index (χ4n) is 6.97. The number of nitrogens with one attached hydrogen (secondary N) is 6. The Morgan fingerprint density at radius 3 is 1.00 bits per heavy atom. The lowest BCUT2D eigenvalue weighted by atomic mass is 10.0. The average Bonchev–Trinajstić information content (AvgIpc) is 3.12. The van der Waals surface area contributed by atoms with E-state index in [1.807, 2.05) is 82.4 Å². The fourth-order valence-corrected chi connectivity index (χ4v) is 28.7. The number of carbonyl (C=O) groups is 2. The van der Waals surface area contributed by atoms with Crippen LogP contribution in [-0.4, -0.2) is 108 Å². The lowest BCUT2D eigenvalue weighted by Gasteiger charge is -2.39. The molecular weight excluding hydrogens is 833 g/mol. The maximum absolute atomic E-state index is 11.0. The molecule has 0 aliphatic heterocycles. The number of rotatable bonds is 27. The smallest absolute Gasteiger partial charge is 0.340 e. The van der Waals surface area contributed by atoms with E-state index in [0.29, 0.717) is 0 Å². The van der Waals surface area contributed by atoms with Gasteiger partial charge < -0.3 is 44.2 Å². The van der Waals surface area contributed by atoms with Gasteiger partial charge in [-0.25, -0.2) is 0 Å². The number of benzene rings is 2. The van der Waals surface area contributed by atoms with Crippen molar-refractivity contribution >= 4 is 65.0 Å². The number of amides is 2. The molecule has 0 unspecified atom stereocenters. The zero-order valence-corrected chi connectivity index (χ0v) is 45.6. The highest BCUT2D eigenvalue weighted by Crippen LogP contribution is 2.27. The summed E-state index contributed by atoms with van der Waals surface area (Å²) in [5.41, 5.74) is 5.90. The molecule has 60 heavy (non-hydrogen) atoms. The van der Waals surface area contributed by atoms with Crippen molar-refractivity contribution in [2.75, 3.05) is 65.0 Å². The minimum atomic E-state index is -2.27. The molecule has 2 aromatic carbocycles. The first-order chi connectivity index (χ1) is 27.9. The van der Waals surface area contributed by atoms with Crippen LogP contribution in [-0.2, 0) is 28.4 Å². The third-order valence-corrected chi connectivity index (χ3v) is 28.7. The van der Waals surface area contributed by atoms with Gasteiger partial charge in [-0.1, -0.05) is 30.0 Å². The van der Waals surface area contributed by atoms with E-state index in [1.165, 1.54) is 51.6 Å². The molecule has 0 radical (unpaired) electrons. The van der Waals surface area contributed by atoms with Crippen LogP contribution in [0.4, 0.5) is 11.4 Å². The highest BCUT2D eigenvalue weighted by atomic mass is 28.5. The topological polar surface area (TPSA) is 134 Å². The second-order valence-electron chi connectivity index (χ2n) is 18.3. The Morgan fingerprint density at radius 2 is 0.767 bits per heavy atom. The number of hydrogen-bond donors (Lipinski definition) is 6. The van der Waals surface area contributed by atoms with Gasteiger partial charge in [-0.05, 0) is 205 Å². The molecule has 0 aromatic heterocycles. The predicted octanol–water partition coefficient (Wildman–Crippen LogP) is 9.27. The molecule has 11 nitrogen and oxygen atoms in total. The summed E-state index contributed by atoms with van der Waals surface area (Å²) in [6.07, 6.45) is 5.63. The maximum atomic E-state index is 11.0. The van der Waals surface area contributed by atoms with E-state index in [1.54, 1.807) is 0 Å². The molecule has 0 atom stereocenters. The van der Waals surface area contributed by atoms with Gasteiger partial charge in [0.15, 0.2) is 33.3 Å². The van der Waals surface area contributed by atoms with Crippen LogP contribution in [0.3, 0.4) is 0 Å². The Balaban J connectivity index is 0.000000878. The van der Waals surface area contributed by atoms with Crippen molar-refractivity contribution in [2.24, 2.45) is 0 Å². The summed E-state index contributed by atoms with van der Waals surface area (Å²) < 4.78 is 19.7. The van der Waals surface area contributed by atoms with E-state index in [2.05, 4.69) is 97.4 Å². The Labute approximate surface area is 372 Å². The molecule has 2 aromatic rings. The van der Waals surface area contributed by atoms with Gasteiger partial charge in [0.25, 0.3) is 0 Å². The van der Waals surface area contributed by atoms with Crippen molar-refractivity contribution in [3.63, 3.8) is 0 Å². The predicted molar refractivity (Wildman–Crippen MR) is 273 cm³/mol. The molecule has 0 aliphatic rings. The molecule has 344 valence electrons. The molecule has 0 saturated heterocycles. The number of carbonyl (C=O) groups excluding carboxylic acids is 2. The molecule has 6 N–H and O–H groups in total. The summed E-state index contributed by atoms with van der Waals surface area (Å²) in [7, 11) is -0.497. The minimum absolute atomic E-state index is 0.0729. The van der Waals surface area contributed by atoms with Gasteiger partial charge in [-0.3, -0.25) is 9.59 Å². The second kappa shape index (κ2) is 30.1. The van der Waals surface area contributed by atoms with Gasteiger partial charge >= 0.3 is 8.56 Å². The van der Waals surface area contributed by atoms with E-state index >= 15 is 0 Å². The third kappa shape index (κ3) is 30.1. The fraction of sp³-hybridized carbons (Fsp3) is 0.636. The van der Waals surface area contributed by atoms with Crippen LogP contribution in [0.15, 0.2) is 60.8 Å². The summed E-state index contributed by atoms with van der Waals surface area (Å²) in [5, 5.41) is 18.3. The van der Waals surface area contributed by atoms with E-state index < -0.39 is 41.8 Å². The summed E-state index contributed by atoms with van der Waals surface area (Å²) in [6.45, 7) is 32.2. The lowest BCUT2D eigenvalue weighted by Crippen LogP contribution is -2.53. The molecule has 0 bridgehead atoms. The van der Waals surface area contributed by atoms with Gasteiger partial charge in [0.05, 0.1) is 0 Å². The van der Waals surface area contributed by atoms with Crippen molar-refractivity contribution in [3.8, 4) is 0 Å². The highest BCUT2D eigenvalue weighted by Gasteiger charge is 2.41. The van der Waals surface area contributed by atoms with Crippen LogP contribution in [0.1, 0.15) is 50.7 Å². The average molecular weight is 922 g/mol. The summed E-state index contributed by atoms with van der Waals surface area (Å²) >= 11 is 0. The number of anilines is 2. The van der Waals surface area contributed by atoms with Crippen LogP contribution >= 0.6 is 0 Å². The van der Waals surface area contributed by atoms with E-state index in [9.17, 15) is 9.59 Å². The van der Waals surface area contributed by atoms with Gasteiger partial charge in [0.2, 0.25) is 11.8 Å². The first-order valence-corrected chi connectivity index (χ1v) is 36.9. The van der Waals surface area contributed by atoms with Crippen molar-refractivity contribution < 1.29 is 21.9 Å². The summed E-state index contributed by atoms with van der Waals surface area (Å²) in [4.78, 5) is 21.9. The van der Waals surface area contributed by atoms with Crippen LogP contribution in [0.5, 0.6) is 0 Å². The Morgan fingerprint density at radius 1 is 0.500 bits per heavy atom. The molecule has 16 heteroatoms. The van der Waals surface area contributed by atoms with Crippen molar-refractivity contribution in [1.29, 1.82) is 0 Å². The van der Waals surface area contributed by atoms with Crippen LogP contribution in [0.2, 0.25) is 83.1 Å². The zero-order valence-electron chi connectivity index (χ0n) is 40.6. The lowest BCUT2D eigenvalue weighted by molar-refractivity contribution is -0.115. The molecule has 0 spiro atoms. The Hall–Kier alpha value is -2.08. The van der Waals surface area contributed by atoms with E-state index in [4.69, 9.17) is 12.3 Å². The minimum Gasteiger partial charge on any atom is -0.455 e. The van der Waals surface area contributed by atoms with Gasteiger partial charge in [-0.2, -0.15) is 0 Å². The summed E-state index contributed by atoms with van der Waals surface area (Å²) in [5.74, 6) is -0.146. The molecule has 0 fully saturated rings. The Kier molecular flexibility index (Phi) is 29.0. The summed E-state index contributed by atoms with van der Waals surface area (Å²) in [6, 6.07) is 20.4.